The second kappa shape index (κ2) is 9.35. The maximum absolute atomic E-state index is 10.9. The van der Waals surface area contributed by atoms with E-state index in [9.17, 15) is 14.4 Å². The van der Waals surface area contributed by atoms with Crippen LogP contribution in [0.25, 0.3) is 0 Å². The van der Waals surface area contributed by atoms with Crippen LogP contribution in [0.4, 0.5) is 0 Å². The number of rotatable bonds is 9. The van der Waals surface area contributed by atoms with Gasteiger partial charge in [0.1, 0.15) is 25.4 Å². The molecule has 0 fully saturated rings. The van der Waals surface area contributed by atoms with Crippen molar-refractivity contribution in [2.24, 2.45) is 0 Å². The summed E-state index contributed by atoms with van der Waals surface area (Å²) in [5.74, 6) is -1.28. The lowest BCUT2D eigenvalue weighted by Crippen LogP contribution is -2.15. The van der Waals surface area contributed by atoms with Crippen molar-refractivity contribution in [3.05, 3.63) is 12.2 Å². The average Bonchev–Trinajstić information content (AvgIpc) is 2.26. The molecule has 0 bridgehead atoms. The Kier molecular flexibility index (Phi) is 8.47. The molecule has 0 aromatic carbocycles. The molecule has 0 atom stereocenters. The summed E-state index contributed by atoms with van der Waals surface area (Å²) in [6.45, 7) is 6.88. The minimum Gasteiger partial charge on any atom is -0.463 e. The highest BCUT2D eigenvalue weighted by Crippen LogP contribution is 1.92. The van der Waals surface area contributed by atoms with E-state index in [1.54, 1.807) is 6.92 Å². The van der Waals surface area contributed by atoms with Crippen molar-refractivity contribution in [1.29, 1.82) is 0 Å². The average molecular weight is 258 g/mol. The van der Waals surface area contributed by atoms with E-state index in [2.05, 4.69) is 6.58 Å². The first-order valence-electron chi connectivity index (χ1n) is 5.49. The minimum atomic E-state index is -0.570. The summed E-state index contributed by atoms with van der Waals surface area (Å²) in [5.41, 5.74) is 0.327. The zero-order valence-corrected chi connectivity index (χ0v) is 10.7. The van der Waals surface area contributed by atoms with E-state index in [-0.39, 0.29) is 38.6 Å². The number of ketones is 1. The monoisotopic (exact) mass is 258 g/mol. The van der Waals surface area contributed by atoms with Crippen LogP contribution in [0.5, 0.6) is 0 Å². The lowest BCUT2D eigenvalue weighted by atomic mass is 10.3. The molecule has 0 saturated heterocycles. The molecule has 0 aliphatic carbocycles. The Balaban J connectivity index is 3.36. The first kappa shape index (κ1) is 16.3. The van der Waals surface area contributed by atoms with Gasteiger partial charge in [-0.1, -0.05) is 6.58 Å². The number of carbonyl (C=O) groups excluding carboxylic acids is 3. The van der Waals surface area contributed by atoms with Crippen LogP contribution in [0, 0.1) is 0 Å². The van der Waals surface area contributed by atoms with Gasteiger partial charge in [-0.15, -0.1) is 0 Å². The van der Waals surface area contributed by atoms with Gasteiger partial charge in [0.05, 0.1) is 13.2 Å². The maximum atomic E-state index is 10.9. The van der Waals surface area contributed by atoms with E-state index in [1.165, 1.54) is 6.92 Å². The van der Waals surface area contributed by atoms with E-state index in [4.69, 9.17) is 14.2 Å². The van der Waals surface area contributed by atoms with Crippen molar-refractivity contribution in [2.75, 3.05) is 26.4 Å². The minimum absolute atomic E-state index is 0.0700. The fraction of sp³-hybridized carbons (Fsp3) is 0.583. The molecule has 0 spiro atoms. The van der Waals surface area contributed by atoms with Crippen LogP contribution >= 0.6 is 0 Å². The van der Waals surface area contributed by atoms with Crippen LogP contribution in [0.15, 0.2) is 12.2 Å². The molecule has 0 amide bonds. The van der Waals surface area contributed by atoms with E-state index in [0.717, 1.165) is 0 Å². The Hall–Kier alpha value is -1.69. The van der Waals surface area contributed by atoms with Crippen molar-refractivity contribution in [1.82, 2.24) is 0 Å². The SMILES string of the molecule is C=C(C)C(=O)OCCOCCOC(=O)CC(C)=O. The Labute approximate surface area is 106 Å². The third-order valence-electron chi connectivity index (χ3n) is 1.69. The van der Waals surface area contributed by atoms with Crippen molar-refractivity contribution in [2.45, 2.75) is 20.3 Å². The van der Waals surface area contributed by atoms with Crippen LogP contribution < -0.4 is 0 Å². The molecule has 0 aromatic rings. The smallest absolute Gasteiger partial charge is 0.333 e. The fourth-order valence-corrected chi connectivity index (χ4v) is 0.887. The quantitative estimate of drug-likeness (QED) is 0.261. The van der Waals surface area contributed by atoms with Gasteiger partial charge in [0.25, 0.3) is 0 Å². The van der Waals surface area contributed by atoms with Gasteiger partial charge < -0.3 is 14.2 Å². The maximum Gasteiger partial charge on any atom is 0.333 e. The van der Waals surface area contributed by atoms with Crippen molar-refractivity contribution in [3.63, 3.8) is 0 Å². The van der Waals surface area contributed by atoms with Crippen LogP contribution in [0.3, 0.4) is 0 Å². The van der Waals surface area contributed by atoms with Gasteiger partial charge in [-0.25, -0.2) is 4.79 Å². The first-order valence-corrected chi connectivity index (χ1v) is 5.49. The molecule has 18 heavy (non-hydrogen) atoms. The highest BCUT2D eigenvalue weighted by atomic mass is 16.6. The largest absolute Gasteiger partial charge is 0.463 e. The molecule has 0 saturated carbocycles. The van der Waals surface area contributed by atoms with Crippen molar-refractivity contribution >= 4 is 17.7 Å². The second-order valence-corrected chi connectivity index (χ2v) is 3.63. The molecule has 0 aliphatic heterocycles. The normalized spacial score (nSPS) is 9.67. The summed E-state index contributed by atoms with van der Waals surface area (Å²) >= 11 is 0. The van der Waals surface area contributed by atoms with Crippen LogP contribution in [-0.2, 0) is 28.6 Å². The fourth-order valence-electron chi connectivity index (χ4n) is 0.887. The summed E-state index contributed by atoms with van der Waals surface area (Å²) < 4.78 is 14.5. The highest BCUT2D eigenvalue weighted by Gasteiger charge is 2.06. The topological polar surface area (TPSA) is 78.9 Å². The Morgan fingerprint density at radius 1 is 0.944 bits per heavy atom. The summed E-state index contributed by atoms with van der Waals surface area (Å²) in [6.07, 6.45) is -0.226. The van der Waals surface area contributed by atoms with Gasteiger partial charge in [0.15, 0.2) is 0 Å². The number of Topliss-reactive ketones (excluding diaryl/α,β-unsaturated/α-hetero) is 1. The lowest BCUT2D eigenvalue weighted by molar-refractivity contribution is -0.147. The van der Waals surface area contributed by atoms with Crippen LogP contribution in [0.2, 0.25) is 0 Å². The number of ether oxygens (including phenoxy) is 3. The van der Waals surface area contributed by atoms with Gasteiger partial charge in [-0.05, 0) is 13.8 Å². The summed E-state index contributed by atoms with van der Waals surface area (Å²) in [7, 11) is 0. The van der Waals surface area contributed by atoms with Gasteiger partial charge in [0, 0.05) is 5.57 Å². The predicted octanol–water partition coefficient (Wildman–Crippen LogP) is 0.645. The van der Waals surface area contributed by atoms with Gasteiger partial charge in [-0.3, -0.25) is 9.59 Å². The highest BCUT2D eigenvalue weighted by molar-refractivity contribution is 5.94. The summed E-state index contributed by atoms with van der Waals surface area (Å²) in [6, 6.07) is 0. The predicted molar refractivity (Wildman–Crippen MR) is 62.8 cm³/mol. The third-order valence-corrected chi connectivity index (χ3v) is 1.69. The van der Waals surface area contributed by atoms with E-state index >= 15 is 0 Å². The Morgan fingerprint density at radius 2 is 1.50 bits per heavy atom. The van der Waals surface area contributed by atoms with Gasteiger partial charge in [0.2, 0.25) is 0 Å². The molecule has 0 heterocycles. The number of carbonyl (C=O) groups is 3. The molecule has 0 rings (SSSR count). The molecule has 0 radical (unpaired) electrons. The standard InChI is InChI=1S/C12H18O6/c1-9(2)12(15)18-7-5-16-4-6-17-11(14)8-10(3)13/h1,4-8H2,2-3H3. The number of hydrogen-bond donors (Lipinski definition) is 0. The molecule has 0 unspecified atom stereocenters. The molecular formula is C12H18O6. The van der Waals surface area contributed by atoms with Gasteiger partial charge >= 0.3 is 11.9 Å². The molecule has 102 valence electrons. The zero-order chi connectivity index (χ0) is 14.0. The van der Waals surface area contributed by atoms with E-state index in [1.807, 2.05) is 0 Å². The first-order chi connectivity index (χ1) is 8.43. The second-order valence-electron chi connectivity index (χ2n) is 3.63. The van der Waals surface area contributed by atoms with Crippen LogP contribution in [0.1, 0.15) is 20.3 Å². The number of esters is 2. The molecule has 6 nitrogen and oxygen atoms in total. The van der Waals surface area contributed by atoms with Crippen molar-refractivity contribution in [3.8, 4) is 0 Å². The third kappa shape index (κ3) is 9.53. The van der Waals surface area contributed by atoms with Crippen molar-refractivity contribution < 1.29 is 28.6 Å². The molecule has 0 N–H and O–H groups in total. The lowest BCUT2D eigenvalue weighted by Gasteiger charge is -2.06. The molecule has 0 aromatic heterocycles. The molecule has 0 aliphatic rings. The Morgan fingerprint density at radius 3 is 2.00 bits per heavy atom. The molecule has 6 heteroatoms. The summed E-state index contributed by atoms with van der Waals surface area (Å²) in [4.78, 5) is 32.4. The Bertz CT molecular complexity index is 321. The molecular weight excluding hydrogens is 240 g/mol. The van der Waals surface area contributed by atoms with Gasteiger partial charge in [-0.2, -0.15) is 0 Å². The number of hydrogen-bond acceptors (Lipinski definition) is 6. The summed E-state index contributed by atoms with van der Waals surface area (Å²) in [5, 5.41) is 0. The van der Waals surface area contributed by atoms with E-state index < -0.39 is 11.9 Å². The van der Waals surface area contributed by atoms with Crippen LogP contribution in [-0.4, -0.2) is 44.1 Å². The zero-order valence-electron chi connectivity index (χ0n) is 10.7. The van der Waals surface area contributed by atoms with E-state index in [0.29, 0.717) is 5.57 Å².